The monoisotopic (exact) mass is 334 g/mol. The van der Waals surface area contributed by atoms with E-state index < -0.39 is 11.4 Å². The van der Waals surface area contributed by atoms with E-state index in [0.29, 0.717) is 16.7 Å². The van der Waals surface area contributed by atoms with Crippen molar-refractivity contribution in [2.24, 2.45) is 0 Å². The largest absolute Gasteiger partial charge is 0.375 e. The fourth-order valence-electron chi connectivity index (χ4n) is 3.19. The molecule has 0 fully saturated rings. The van der Waals surface area contributed by atoms with Crippen LogP contribution in [0.2, 0.25) is 0 Å². The summed E-state index contributed by atoms with van der Waals surface area (Å²) in [4.78, 5) is 0. The zero-order valence-electron chi connectivity index (χ0n) is 14.2. The number of rotatable bonds is 6. The van der Waals surface area contributed by atoms with E-state index >= 15 is 0 Å². The van der Waals surface area contributed by atoms with Gasteiger partial charge in [-0.1, -0.05) is 91.0 Å². The Kier molecular flexibility index (Phi) is 5.00. The van der Waals surface area contributed by atoms with Crippen LogP contribution in [-0.4, -0.2) is 16.8 Å². The molecule has 3 nitrogen and oxygen atoms in total. The molecule has 0 bridgehead atoms. The van der Waals surface area contributed by atoms with Crippen molar-refractivity contribution in [2.75, 3.05) is 6.61 Å². The molecule has 0 saturated heterocycles. The number of ether oxygens (including phenoxy) is 1. The molecule has 0 radical (unpaired) electrons. The van der Waals surface area contributed by atoms with Gasteiger partial charge in [0, 0.05) is 12.2 Å². The summed E-state index contributed by atoms with van der Waals surface area (Å²) < 4.78 is 5.80. The Labute approximate surface area is 148 Å². The minimum atomic E-state index is -1.94. The third kappa shape index (κ3) is 2.98. The first-order valence-corrected chi connectivity index (χ1v) is 8.38. The smallest absolute Gasteiger partial charge is 0.231 e. The molecule has 1 unspecified atom stereocenters. The molecule has 0 saturated carbocycles. The lowest BCUT2D eigenvalue weighted by Gasteiger charge is -2.44. The molecule has 0 amide bonds. The van der Waals surface area contributed by atoms with E-state index in [9.17, 15) is 10.2 Å². The van der Waals surface area contributed by atoms with Gasteiger partial charge in [0.25, 0.3) is 0 Å². The summed E-state index contributed by atoms with van der Waals surface area (Å²) in [5, 5.41) is 23.5. The molecule has 0 heterocycles. The summed E-state index contributed by atoms with van der Waals surface area (Å²) in [6.45, 7) is 2.04. The van der Waals surface area contributed by atoms with Gasteiger partial charge < -0.3 is 14.9 Å². The van der Waals surface area contributed by atoms with Gasteiger partial charge in [0.1, 0.15) is 0 Å². The maximum Gasteiger partial charge on any atom is 0.231 e. The normalized spacial score (nSPS) is 14.0. The summed E-state index contributed by atoms with van der Waals surface area (Å²) in [5.74, 6) is -1.94. The van der Waals surface area contributed by atoms with E-state index in [1.165, 1.54) is 0 Å². The third-order valence-corrected chi connectivity index (χ3v) is 4.39. The SMILES string of the molecule is CCOC(O)(c1ccccc1)C(O)(c1ccccc1)c1ccccc1. The summed E-state index contributed by atoms with van der Waals surface area (Å²) >= 11 is 0. The van der Waals surface area contributed by atoms with Crippen molar-refractivity contribution in [3.05, 3.63) is 108 Å². The van der Waals surface area contributed by atoms with Gasteiger partial charge in [-0.2, -0.15) is 0 Å². The van der Waals surface area contributed by atoms with Crippen LogP contribution in [0.4, 0.5) is 0 Å². The van der Waals surface area contributed by atoms with Crippen molar-refractivity contribution in [1.82, 2.24) is 0 Å². The molecule has 3 heteroatoms. The molecular weight excluding hydrogens is 312 g/mol. The van der Waals surface area contributed by atoms with Gasteiger partial charge in [0.15, 0.2) is 5.60 Å². The van der Waals surface area contributed by atoms with Crippen LogP contribution in [0.1, 0.15) is 23.6 Å². The lowest BCUT2D eigenvalue weighted by Crippen LogP contribution is -2.52. The molecule has 0 spiro atoms. The maximum absolute atomic E-state index is 11.9. The molecule has 25 heavy (non-hydrogen) atoms. The van der Waals surface area contributed by atoms with E-state index in [2.05, 4.69) is 0 Å². The van der Waals surface area contributed by atoms with Crippen LogP contribution in [0, 0.1) is 0 Å². The number of benzene rings is 3. The van der Waals surface area contributed by atoms with Gasteiger partial charge in [-0.05, 0) is 18.1 Å². The molecule has 3 rings (SSSR count). The van der Waals surface area contributed by atoms with Crippen molar-refractivity contribution in [3.8, 4) is 0 Å². The lowest BCUT2D eigenvalue weighted by atomic mass is 9.76. The zero-order chi connectivity index (χ0) is 17.8. The average Bonchev–Trinajstić information content (AvgIpc) is 2.69. The first-order chi connectivity index (χ1) is 12.1. The van der Waals surface area contributed by atoms with Crippen molar-refractivity contribution >= 4 is 0 Å². The Hall–Kier alpha value is -2.46. The topological polar surface area (TPSA) is 49.7 Å². The fourth-order valence-corrected chi connectivity index (χ4v) is 3.19. The zero-order valence-corrected chi connectivity index (χ0v) is 14.2. The van der Waals surface area contributed by atoms with Crippen LogP contribution >= 0.6 is 0 Å². The van der Waals surface area contributed by atoms with Crippen LogP contribution in [0.25, 0.3) is 0 Å². The molecule has 0 aliphatic carbocycles. The summed E-state index contributed by atoms with van der Waals surface area (Å²) in [7, 11) is 0. The average molecular weight is 334 g/mol. The summed E-state index contributed by atoms with van der Waals surface area (Å²) in [6, 6.07) is 27.3. The minimum absolute atomic E-state index is 0.243. The number of hydrogen-bond donors (Lipinski definition) is 2. The van der Waals surface area contributed by atoms with Crippen molar-refractivity contribution < 1.29 is 14.9 Å². The van der Waals surface area contributed by atoms with Crippen LogP contribution in [0.15, 0.2) is 91.0 Å². The highest BCUT2D eigenvalue weighted by atomic mass is 16.6. The molecule has 1 atom stereocenters. The molecule has 0 aliphatic rings. The highest BCUT2D eigenvalue weighted by molar-refractivity contribution is 5.42. The Morgan fingerprint density at radius 2 is 1.00 bits per heavy atom. The van der Waals surface area contributed by atoms with E-state index in [-0.39, 0.29) is 6.61 Å². The molecule has 3 aromatic rings. The Balaban J connectivity index is 2.29. The Bertz CT molecular complexity index is 748. The Morgan fingerprint density at radius 3 is 1.36 bits per heavy atom. The first kappa shape index (κ1) is 17.4. The van der Waals surface area contributed by atoms with Crippen molar-refractivity contribution in [1.29, 1.82) is 0 Å². The second-order valence-corrected chi connectivity index (χ2v) is 5.89. The highest BCUT2D eigenvalue weighted by Gasteiger charge is 2.54. The molecule has 128 valence electrons. The van der Waals surface area contributed by atoms with E-state index in [4.69, 9.17) is 4.74 Å². The van der Waals surface area contributed by atoms with Crippen LogP contribution in [0.5, 0.6) is 0 Å². The fraction of sp³-hybridized carbons (Fsp3) is 0.182. The summed E-state index contributed by atoms with van der Waals surface area (Å²) in [6.07, 6.45) is 0. The van der Waals surface area contributed by atoms with Crippen LogP contribution in [-0.2, 0) is 16.1 Å². The Morgan fingerprint density at radius 1 is 0.640 bits per heavy atom. The van der Waals surface area contributed by atoms with E-state index in [1.807, 2.05) is 54.6 Å². The lowest BCUT2D eigenvalue weighted by molar-refractivity contribution is -0.300. The van der Waals surface area contributed by atoms with Crippen molar-refractivity contribution in [2.45, 2.75) is 18.3 Å². The van der Waals surface area contributed by atoms with Gasteiger partial charge in [-0.15, -0.1) is 0 Å². The highest BCUT2D eigenvalue weighted by Crippen LogP contribution is 2.46. The predicted octanol–water partition coefficient (Wildman–Crippen LogP) is 3.80. The molecule has 0 aliphatic heterocycles. The van der Waals surface area contributed by atoms with E-state index in [1.54, 1.807) is 43.3 Å². The molecular formula is C22H22O3. The van der Waals surface area contributed by atoms with Crippen molar-refractivity contribution in [3.63, 3.8) is 0 Å². The van der Waals surface area contributed by atoms with Crippen LogP contribution < -0.4 is 0 Å². The van der Waals surface area contributed by atoms with Gasteiger partial charge in [0.05, 0.1) is 0 Å². The van der Waals surface area contributed by atoms with Gasteiger partial charge in [-0.25, -0.2) is 0 Å². The maximum atomic E-state index is 11.9. The third-order valence-electron chi connectivity index (χ3n) is 4.39. The van der Waals surface area contributed by atoms with Crippen LogP contribution in [0.3, 0.4) is 0 Å². The van der Waals surface area contributed by atoms with E-state index in [0.717, 1.165) is 0 Å². The molecule has 3 aromatic carbocycles. The first-order valence-electron chi connectivity index (χ1n) is 8.38. The van der Waals surface area contributed by atoms with Gasteiger partial charge in [-0.3, -0.25) is 0 Å². The van der Waals surface area contributed by atoms with Gasteiger partial charge >= 0.3 is 0 Å². The predicted molar refractivity (Wildman–Crippen MR) is 97.8 cm³/mol. The standard InChI is InChI=1S/C22H22O3/c1-2-25-22(24,20-16-10-5-11-17-20)21(23,18-12-6-3-7-13-18)19-14-8-4-9-15-19/h3-17,23-24H,2H2,1H3. The molecule has 2 N–H and O–H groups in total. The number of hydrogen-bond acceptors (Lipinski definition) is 3. The molecule has 0 aromatic heterocycles. The number of aliphatic hydroxyl groups is 2. The second kappa shape index (κ2) is 7.19. The van der Waals surface area contributed by atoms with Gasteiger partial charge in [0.2, 0.25) is 5.79 Å². The quantitative estimate of drug-likeness (QED) is 0.674. The summed E-state index contributed by atoms with van der Waals surface area (Å²) in [5.41, 5.74) is -0.165. The minimum Gasteiger partial charge on any atom is -0.375 e. The second-order valence-electron chi connectivity index (χ2n) is 5.89.